The largest absolute Gasteiger partial charge is 0.497 e. The Bertz CT molecular complexity index is 1270. The molecular formula is C27H26ClN3O3. The molecule has 2 heterocycles. The lowest BCUT2D eigenvalue weighted by Gasteiger charge is -2.25. The van der Waals surface area contributed by atoms with Crippen molar-refractivity contribution in [1.29, 1.82) is 0 Å². The SMILES string of the molecule is COc1ccc2c(c1)C(N1CCCN(C(=O)c3ccccc3Cl)CC1)=Nc1ccc(C)cc1O2. The molecule has 7 heteroatoms. The van der Waals surface area contributed by atoms with Crippen molar-refractivity contribution in [2.45, 2.75) is 13.3 Å². The van der Waals surface area contributed by atoms with Crippen LogP contribution in [0, 0.1) is 6.92 Å². The fraction of sp³-hybridized carbons (Fsp3) is 0.259. The van der Waals surface area contributed by atoms with Gasteiger partial charge in [-0.15, -0.1) is 0 Å². The molecule has 1 saturated heterocycles. The predicted molar refractivity (Wildman–Crippen MR) is 134 cm³/mol. The first-order valence-corrected chi connectivity index (χ1v) is 11.8. The normalized spacial score (nSPS) is 15.3. The highest BCUT2D eigenvalue weighted by molar-refractivity contribution is 6.33. The number of amidine groups is 1. The number of fused-ring (bicyclic) bond motifs is 2. The summed E-state index contributed by atoms with van der Waals surface area (Å²) in [7, 11) is 1.65. The van der Waals surface area contributed by atoms with Gasteiger partial charge in [0.1, 0.15) is 23.0 Å². The topological polar surface area (TPSA) is 54.4 Å². The van der Waals surface area contributed by atoms with Gasteiger partial charge >= 0.3 is 0 Å². The van der Waals surface area contributed by atoms with Gasteiger partial charge in [0.05, 0.1) is 23.3 Å². The molecule has 1 amide bonds. The Morgan fingerprint density at radius 2 is 1.85 bits per heavy atom. The number of methoxy groups -OCH3 is 1. The van der Waals surface area contributed by atoms with Crippen LogP contribution in [0.5, 0.6) is 17.2 Å². The van der Waals surface area contributed by atoms with Crippen molar-refractivity contribution in [2.24, 2.45) is 4.99 Å². The Morgan fingerprint density at radius 3 is 2.68 bits per heavy atom. The summed E-state index contributed by atoms with van der Waals surface area (Å²) >= 11 is 6.29. The van der Waals surface area contributed by atoms with Gasteiger partial charge in [0.15, 0.2) is 5.75 Å². The fourth-order valence-electron chi connectivity index (χ4n) is 4.37. The average Bonchev–Trinajstić information content (AvgIpc) is 3.18. The lowest BCUT2D eigenvalue weighted by Crippen LogP contribution is -2.37. The van der Waals surface area contributed by atoms with E-state index in [1.807, 2.05) is 60.4 Å². The monoisotopic (exact) mass is 475 g/mol. The van der Waals surface area contributed by atoms with Crippen molar-refractivity contribution in [3.63, 3.8) is 0 Å². The highest BCUT2D eigenvalue weighted by Gasteiger charge is 2.27. The number of benzene rings is 3. The average molecular weight is 476 g/mol. The minimum atomic E-state index is -0.0403. The lowest BCUT2D eigenvalue weighted by molar-refractivity contribution is 0.0764. The number of halogens is 1. The van der Waals surface area contributed by atoms with Gasteiger partial charge in [0.25, 0.3) is 5.91 Å². The Morgan fingerprint density at radius 1 is 1.00 bits per heavy atom. The van der Waals surface area contributed by atoms with E-state index in [0.717, 1.165) is 52.9 Å². The molecule has 2 aliphatic heterocycles. The quantitative estimate of drug-likeness (QED) is 0.478. The number of nitrogens with zero attached hydrogens (tertiary/aromatic N) is 3. The first-order valence-electron chi connectivity index (χ1n) is 11.4. The molecule has 3 aromatic carbocycles. The van der Waals surface area contributed by atoms with Crippen molar-refractivity contribution in [1.82, 2.24) is 9.80 Å². The summed E-state index contributed by atoms with van der Waals surface area (Å²) in [5, 5.41) is 0.479. The molecule has 1 fully saturated rings. The van der Waals surface area contributed by atoms with Crippen LogP contribution >= 0.6 is 11.6 Å². The summed E-state index contributed by atoms with van der Waals surface area (Å²) in [6.45, 7) is 4.68. The third-order valence-electron chi connectivity index (χ3n) is 6.18. The Balaban J connectivity index is 1.48. The van der Waals surface area contributed by atoms with Crippen LogP contribution in [-0.4, -0.2) is 54.8 Å². The molecule has 5 rings (SSSR count). The van der Waals surface area contributed by atoms with Crippen LogP contribution in [-0.2, 0) is 0 Å². The van der Waals surface area contributed by atoms with Gasteiger partial charge in [-0.3, -0.25) is 4.79 Å². The van der Waals surface area contributed by atoms with Gasteiger partial charge in [0, 0.05) is 26.2 Å². The van der Waals surface area contributed by atoms with E-state index in [-0.39, 0.29) is 5.91 Å². The van der Waals surface area contributed by atoms with E-state index in [9.17, 15) is 4.79 Å². The summed E-state index contributed by atoms with van der Waals surface area (Å²) in [5.74, 6) is 2.98. The van der Waals surface area contributed by atoms with Gasteiger partial charge in [-0.25, -0.2) is 4.99 Å². The van der Waals surface area contributed by atoms with Gasteiger partial charge in [-0.2, -0.15) is 0 Å². The number of ether oxygens (including phenoxy) is 2. The number of carbonyl (C=O) groups excluding carboxylic acids is 1. The van der Waals surface area contributed by atoms with E-state index in [4.69, 9.17) is 26.1 Å². The number of carbonyl (C=O) groups is 1. The summed E-state index contributed by atoms with van der Waals surface area (Å²) in [5.41, 5.74) is 3.30. The molecule has 3 aromatic rings. The molecule has 0 spiro atoms. The Labute approximate surface area is 204 Å². The van der Waals surface area contributed by atoms with Crippen molar-refractivity contribution >= 4 is 29.0 Å². The van der Waals surface area contributed by atoms with Crippen LogP contribution in [0.4, 0.5) is 5.69 Å². The predicted octanol–water partition coefficient (Wildman–Crippen LogP) is 5.69. The molecule has 0 aliphatic carbocycles. The zero-order chi connectivity index (χ0) is 23.7. The first kappa shape index (κ1) is 22.3. The fourth-order valence-corrected chi connectivity index (χ4v) is 4.58. The van der Waals surface area contributed by atoms with Crippen LogP contribution < -0.4 is 9.47 Å². The second-order valence-corrected chi connectivity index (χ2v) is 8.89. The molecule has 0 aromatic heterocycles. The smallest absolute Gasteiger partial charge is 0.255 e. The number of hydrogen-bond acceptors (Lipinski definition) is 5. The van der Waals surface area contributed by atoms with E-state index < -0.39 is 0 Å². The maximum atomic E-state index is 13.1. The zero-order valence-electron chi connectivity index (χ0n) is 19.3. The van der Waals surface area contributed by atoms with Crippen LogP contribution in [0.15, 0.2) is 65.7 Å². The van der Waals surface area contributed by atoms with Crippen LogP contribution in [0.2, 0.25) is 5.02 Å². The summed E-state index contributed by atoms with van der Waals surface area (Å²) in [6.07, 6.45) is 0.816. The summed E-state index contributed by atoms with van der Waals surface area (Å²) < 4.78 is 11.8. The number of aryl methyl sites for hydroxylation is 1. The molecule has 0 unspecified atom stereocenters. The van der Waals surface area contributed by atoms with E-state index in [1.54, 1.807) is 19.2 Å². The number of aliphatic imine (C=N–C) groups is 1. The Hall–Kier alpha value is -3.51. The third-order valence-corrected chi connectivity index (χ3v) is 6.51. The maximum absolute atomic E-state index is 13.1. The number of rotatable bonds is 2. The van der Waals surface area contributed by atoms with Crippen molar-refractivity contribution < 1.29 is 14.3 Å². The molecule has 0 radical (unpaired) electrons. The molecule has 2 aliphatic rings. The molecule has 0 bridgehead atoms. The minimum Gasteiger partial charge on any atom is -0.497 e. The summed E-state index contributed by atoms with van der Waals surface area (Å²) in [6, 6.07) is 19.0. The van der Waals surface area contributed by atoms with Gasteiger partial charge in [0.2, 0.25) is 0 Å². The molecule has 0 N–H and O–H groups in total. The van der Waals surface area contributed by atoms with Gasteiger partial charge in [-0.05, 0) is 61.4 Å². The molecule has 6 nitrogen and oxygen atoms in total. The van der Waals surface area contributed by atoms with Crippen molar-refractivity contribution in [3.8, 4) is 17.2 Å². The van der Waals surface area contributed by atoms with Crippen molar-refractivity contribution in [2.75, 3.05) is 33.3 Å². The molecule has 174 valence electrons. The molecular weight excluding hydrogens is 450 g/mol. The van der Waals surface area contributed by atoms with E-state index in [0.29, 0.717) is 30.2 Å². The van der Waals surface area contributed by atoms with E-state index in [1.165, 1.54) is 0 Å². The zero-order valence-corrected chi connectivity index (χ0v) is 20.0. The lowest BCUT2D eigenvalue weighted by atomic mass is 10.1. The van der Waals surface area contributed by atoms with Crippen LogP contribution in [0.25, 0.3) is 0 Å². The standard InChI is InChI=1S/C27H26ClN3O3/c1-18-8-10-23-25(16-18)34-24-11-9-19(33-2)17-21(24)26(29-23)30-12-5-13-31(15-14-30)27(32)20-6-3-4-7-22(20)28/h3-4,6-11,16-17H,5,12-15H2,1-2H3. The number of hydrogen-bond donors (Lipinski definition) is 0. The van der Waals surface area contributed by atoms with Crippen LogP contribution in [0.3, 0.4) is 0 Å². The highest BCUT2D eigenvalue weighted by atomic mass is 35.5. The maximum Gasteiger partial charge on any atom is 0.255 e. The number of amides is 1. The molecule has 0 atom stereocenters. The third kappa shape index (κ3) is 4.33. The second kappa shape index (κ2) is 9.39. The van der Waals surface area contributed by atoms with Crippen molar-refractivity contribution in [3.05, 3.63) is 82.4 Å². The van der Waals surface area contributed by atoms with Gasteiger partial charge < -0.3 is 19.3 Å². The first-order chi connectivity index (χ1) is 16.5. The van der Waals surface area contributed by atoms with Crippen LogP contribution in [0.1, 0.15) is 27.9 Å². The van der Waals surface area contributed by atoms with E-state index >= 15 is 0 Å². The van der Waals surface area contributed by atoms with Gasteiger partial charge in [-0.1, -0.05) is 29.8 Å². The second-order valence-electron chi connectivity index (χ2n) is 8.48. The molecule has 34 heavy (non-hydrogen) atoms. The summed E-state index contributed by atoms with van der Waals surface area (Å²) in [4.78, 5) is 22.3. The minimum absolute atomic E-state index is 0.0403. The Kier molecular flexibility index (Phi) is 6.16. The van der Waals surface area contributed by atoms with E-state index in [2.05, 4.69) is 4.90 Å². The highest BCUT2D eigenvalue weighted by Crippen LogP contribution is 2.40. The molecule has 0 saturated carbocycles.